The molecule has 0 radical (unpaired) electrons. The lowest BCUT2D eigenvalue weighted by Crippen LogP contribution is -2.43. The highest BCUT2D eigenvalue weighted by Gasteiger charge is 2.13. The maximum atomic E-state index is 4.61. The molecule has 0 bridgehead atoms. The standard InChI is InChI=1S/C16H31N5/c1-7-9-10-18-16(17-8-2)19-12(3)11-15-13(4)20-21(6)14(15)5/h12H,7-11H2,1-6H3,(H2,17,18,19). The average Bonchev–Trinajstić information content (AvgIpc) is 2.66. The van der Waals surface area contributed by atoms with Gasteiger partial charge in [-0.25, -0.2) is 0 Å². The van der Waals surface area contributed by atoms with Gasteiger partial charge in [0.15, 0.2) is 5.96 Å². The molecule has 0 amide bonds. The molecule has 120 valence electrons. The predicted octanol–water partition coefficient (Wildman–Crippen LogP) is 2.32. The third-order valence-electron chi connectivity index (χ3n) is 3.68. The third kappa shape index (κ3) is 5.40. The Bertz CT molecular complexity index is 461. The molecular formula is C16H31N5. The second-order valence-corrected chi connectivity index (χ2v) is 5.64. The van der Waals surface area contributed by atoms with Crippen LogP contribution in [0.3, 0.4) is 0 Å². The maximum Gasteiger partial charge on any atom is 0.191 e. The van der Waals surface area contributed by atoms with Gasteiger partial charge in [0.2, 0.25) is 0 Å². The van der Waals surface area contributed by atoms with Gasteiger partial charge in [-0.15, -0.1) is 0 Å². The molecule has 21 heavy (non-hydrogen) atoms. The van der Waals surface area contributed by atoms with E-state index in [9.17, 15) is 0 Å². The van der Waals surface area contributed by atoms with Crippen LogP contribution in [-0.4, -0.2) is 34.9 Å². The van der Waals surface area contributed by atoms with Crippen molar-refractivity contribution in [2.24, 2.45) is 12.0 Å². The molecule has 0 aromatic carbocycles. The van der Waals surface area contributed by atoms with E-state index >= 15 is 0 Å². The lowest BCUT2D eigenvalue weighted by molar-refractivity contribution is 0.634. The van der Waals surface area contributed by atoms with Crippen molar-refractivity contribution in [2.45, 2.75) is 59.9 Å². The Labute approximate surface area is 129 Å². The highest BCUT2D eigenvalue weighted by Crippen LogP contribution is 2.14. The second kappa shape index (κ2) is 8.70. The molecule has 5 heteroatoms. The second-order valence-electron chi connectivity index (χ2n) is 5.64. The van der Waals surface area contributed by atoms with E-state index < -0.39 is 0 Å². The van der Waals surface area contributed by atoms with Crippen LogP contribution in [0.4, 0.5) is 0 Å². The molecule has 1 aromatic rings. The molecule has 0 aliphatic heterocycles. The zero-order chi connectivity index (χ0) is 15.8. The van der Waals surface area contributed by atoms with Gasteiger partial charge in [0.1, 0.15) is 0 Å². The van der Waals surface area contributed by atoms with Crippen molar-refractivity contribution in [3.05, 3.63) is 17.0 Å². The lowest BCUT2D eigenvalue weighted by Gasteiger charge is -2.18. The van der Waals surface area contributed by atoms with Crippen LogP contribution in [0, 0.1) is 13.8 Å². The summed E-state index contributed by atoms with van der Waals surface area (Å²) in [5, 5.41) is 11.3. The predicted molar refractivity (Wildman–Crippen MR) is 89.9 cm³/mol. The van der Waals surface area contributed by atoms with E-state index in [0.29, 0.717) is 6.04 Å². The first kappa shape index (κ1) is 17.5. The number of guanidine groups is 1. The number of unbranched alkanes of at least 4 members (excludes halogenated alkanes) is 1. The molecule has 1 heterocycles. The van der Waals surface area contributed by atoms with Crippen molar-refractivity contribution >= 4 is 5.96 Å². The van der Waals surface area contributed by atoms with Crippen LogP contribution in [0.5, 0.6) is 0 Å². The van der Waals surface area contributed by atoms with E-state index in [1.807, 2.05) is 11.7 Å². The molecule has 1 unspecified atom stereocenters. The summed E-state index contributed by atoms with van der Waals surface area (Å²) in [5.74, 6) is 0.914. The molecule has 1 aromatic heterocycles. The number of aliphatic imine (C=N–C) groups is 1. The molecule has 0 aliphatic carbocycles. The van der Waals surface area contributed by atoms with Crippen LogP contribution in [-0.2, 0) is 13.5 Å². The minimum Gasteiger partial charge on any atom is -0.357 e. The summed E-state index contributed by atoms with van der Waals surface area (Å²) in [6.07, 6.45) is 3.27. The van der Waals surface area contributed by atoms with E-state index in [1.165, 1.54) is 17.7 Å². The van der Waals surface area contributed by atoms with Gasteiger partial charge in [-0.05, 0) is 46.1 Å². The molecule has 1 atom stereocenters. The van der Waals surface area contributed by atoms with E-state index in [1.54, 1.807) is 0 Å². The molecule has 0 saturated heterocycles. The highest BCUT2D eigenvalue weighted by atomic mass is 15.3. The van der Waals surface area contributed by atoms with Crippen LogP contribution >= 0.6 is 0 Å². The number of hydrogen-bond donors (Lipinski definition) is 2. The number of nitrogens with zero attached hydrogens (tertiary/aromatic N) is 3. The van der Waals surface area contributed by atoms with Crippen molar-refractivity contribution in [1.82, 2.24) is 20.4 Å². The van der Waals surface area contributed by atoms with Crippen LogP contribution in [0.25, 0.3) is 0 Å². The van der Waals surface area contributed by atoms with Gasteiger partial charge in [0, 0.05) is 31.9 Å². The van der Waals surface area contributed by atoms with Crippen LogP contribution in [0.15, 0.2) is 4.99 Å². The normalized spacial score (nSPS) is 13.3. The monoisotopic (exact) mass is 293 g/mol. The SMILES string of the molecule is CCCCN=C(NCC)NC(C)Cc1c(C)nn(C)c1C. The fraction of sp³-hybridized carbons (Fsp3) is 0.750. The zero-order valence-electron chi connectivity index (χ0n) is 14.5. The van der Waals surface area contributed by atoms with Gasteiger partial charge in [-0.1, -0.05) is 13.3 Å². The fourth-order valence-corrected chi connectivity index (χ4v) is 2.37. The number of nitrogens with one attached hydrogen (secondary N) is 2. The van der Waals surface area contributed by atoms with Gasteiger partial charge in [0.05, 0.1) is 5.69 Å². The van der Waals surface area contributed by atoms with Crippen molar-refractivity contribution in [2.75, 3.05) is 13.1 Å². The van der Waals surface area contributed by atoms with E-state index in [-0.39, 0.29) is 0 Å². The molecule has 0 spiro atoms. The van der Waals surface area contributed by atoms with E-state index in [2.05, 4.69) is 55.3 Å². The smallest absolute Gasteiger partial charge is 0.191 e. The van der Waals surface area contributed by atoms with Gasteiger partial charge >= 0.3 is 0 Å². The first-order valence-electron chi connectivity index (χ1n) is 8.03. The largest absolute Gasteiger partial charge is 0.357 e. The van der Waals surface area contributed by atoms with Crippen LogP contribution in [0.1, 0.15) is 50.6 Å². The van der Waals surface area contributed by atoms with E-state index in [0.717, 1.165) is 37.6 Å². The summed E-state index contributed by atoms with van der Waals surface area (Å²) < 4.78 is 1.96. The lowest BCUT2D eigenvalue weighted by atomic mass is 10.1. The maximum absolute atomic E-state index is 4.61. The first-order chi connectivity index (χ1) is 9.99. The van der Waals surface area contributed by atoms with Crippen molar-refractivity contribution in [1.29, 1.82) is 0 Å². The van der Waals surface area contributed by atoms with Crippen LogP contribution < -0.4 is 10.6 Å². The third-order valence-corrected chi connectivity index (χ3v) is 3.68. The Morgan fingerprint density at radius 2 is 2.05 bits per heavy atom. The Balaban J connectivity index is 2.64. The summed E-state index contributed by atoms with van der Waals surface area (Å²) in [6.45, 7) is 12.4. The number of aromatic nitrogens is 2. The Morgan fingerprint density at radius 3 is 2.57 bits per heavy atom. The van der Waals surface area contributed by atoms with Gasteiger partial charge in [-0.2, -0.15) is 5.10 Å². The molecule has 2 N–H and O–H groups in total. The van der Waals surface area contributed by atoms with E-state index in [4.69, 9.17) is 0 Å². The number of aryl methyl sites for hydroxylation is 2. The van der Waals surface area contributed by atoms with Gasteiger partial charge in [0.25, 0.3) is 0 Å². The summed E-state index contributed by atoms with van der Waals surface area (Å²) in [4.78, 5) is 4.61. The van der Waals surface area contributed by atoms with Gasteiger partial charge in [-0.3, -0.25) is 9.67 Å². The molecule has 1 rings (SSSR count). The molecular weight excluding hydrogens is 262 g/mol. The topological polar surface area (TPSA) is 54.2 Å². The Hall–Kier alpha value is -1.52. The minimum atomic E-state index is 0.325. The Kier molecular flexibility index (Phi) is 7.26. The summed E-state index contributed by atoms with van der Waals surface area (Å²) in [6, 6.07) is 0.325. The molecule has 0 aliphatic rings. The minimum absolute atomic E-state index is 0.325. The number of rotatable bonds is 7. The van der Waals surface area contributed by atoms with Crippen molar-refractivity contribution in [3.8, 4) is 0 Å². The first-order valence-corrected chi connectivity index (χ1v) is 8.03. The number of hydrogen-bond acceptors (Lipinski definition) is 2. The van der Waals surface area contributed by atoms with Crippen molar-refractivity contribution in [3.63, 3.8) is 0 Å². The van der Waals surface area contributed by atoms with Gasteiger partial charge < -0.3 is 10.6 Å². The zero-order valence-corrected chi connectivity index (χ0v) is 14.5. The Morgan fingerprint density at radius 1 is 1.33 bits per heavy atom. The molecule has 5 nitrogen and oxygen atoms in total. The summed E-state index contributed by atoms with van der Waals surface area (Å²) in [7, 11) is 2.00. The highest BCUT2D eigenvalue weighted by molar-refractivity contribution is 5.80. The molecule has 0 fully saturated rings. The molecule has 0 saturated carbocycles. The average molecular weight is 293 g/mol. The fourth-order valence-electron chi connectivity index (χ4n) is 2.37. The van der Waals surface area contributed by atoms with Crippen molar-refractivity contribution < 1.29 is 0 Å². The quantitative estimate of drug-likeness (QED) is 0.461. The summed E-state index contributed by atoms with van der Waals surface area (Å²) >= 11 is 0. The van der Waals surface area contributed by atoms with Crippen LogP contribution in [0.2, 0.25) is 0 Å². The summed E-state index contributed by atoms with van der Waals surface area (Å²) in [5.41, 5.74) is 3.70.